The van der Waals surface area contributed by atoms with Crippen molar-refractivity contribution < 1.29 is 0 Å². The first-order valence-corrected chi connectivity index (χ1v) is 24.7. The van der Waals surface area contributed by atoms with E-state index in [2.05, 4.69) is 219 Å². The normalized spacial score (nSPS) is 15.1. The predicted octanol–water partition coefficient (Wildman–Crippen LogP) is 15.6. The lowest BCUT2D eigenvalue weighted by Crippen LogP contribution is -2.60. The van der Waals surface area contributed by atoms with E-state index < -0.39 is 0 Å². The van der Waals surface area contributed by atoms with Crippen molar-refractivity contribution in [2.45, 2.75) is 97.8 Å². The fraction of sp³-hybridized carbons (Fsp3) is 0.254. The second-order valence-corrected chi connectivity index (χ2v) is 24.4. The molecule has 0 saturated heterocycles. The van der Waals surface area contributed by atoms with Gasteiger partial charge < -0.3 is 9.80 Å². The Bertz CT molecular complexity index is 3420. The smallest absolute Gasteiger partial charge is 0.264 e. The Hall–Kier alpha value is -5.62. The van der Waals surface area contributed by atoms with Crippen molar-refractivity contribution in [1.29, 1.82) is 0 Å². The van der Waals surface area contributed by atoms with Gasteiger partial charge in [0.25, 0.3) is 6.71 Å². The van der Waals surface area contributed by atoms with Crippen LogP contribution >= 0.6 is 22.7 Å². The molecule has 0 saturated carbocycles. The van der Waals surface area contributed by atoms with Crippen LogP contribution < -0.4 is 25.5 Å². The Kier molecular flexibility index (Phi) is 8.26. The number of hydrogen-bond donors (Lipinski definition) is 0. The second-order valence-electron chi connectivity index (χ2n) is 22.2. The Labute approximate surface area is 387 Å². The highest BCUT2D eigenvalue weighted by atomic mass is 32.1. The van der Waals surface area contributed by atoms with Crippen LogP contribution in [0, 0.1) is 0 Å². The summed E-state index contributed by atoms with van der Waals surface area (Å²) in [6.45, 7) is 25.8. The number of rotatable bonds is 2. The van der Waals surface area contributed by atoms with Crippen LogP contribution in [-0.2, 0) is 21.7 Å². The van der Waals surface area contributed by atoms with Gasteiger partial charge in [0.2, 0.25) is 0 Å². The summed E-state index contributed by atoms with van der Waals surface area (Å²) in [6.07, 6.45) is 0. The van der Waals surface area contributed by atoms with E-state index >= 15 is 0 Å². The first-order chi connectivity index (χ1) is 30.4. The second kappa shape index (κ2) is 13.2. The first-order valence-electron chi connectivity index (χ1n) is 23.0. The first kappa shape index (κ1) is 39.9. The monoisotopic (exact) mass is 866 g/mol. The molecule has 316 valence electrons. The summed E-state index contributed by atoms with van der Waals surface area (Å²) in [4.78, 5) is 5.30. The van der Waals surface area contributed by atoms with Crippen LogP contribution in [0.4, 0.5) is 34.1 Å². The average molecular weight is 867 g/mol. The zero-order valence-electron chi connectivity index (χ0n) is 39.0. The summed E-state index contributed by atoms with van der Waals surface area (Å²) < 4.78 is 5.45. The molecule has 2 aromatic heterocycles. The molecule has 5 heteroatoms. The lowest BCUT2D eigenvalue weighted by Gasteiger charge is -2.44. The third-order valence-electron chi connectivity index (χ3n) is 14.7. The molecule has 2 aliphatic heterocycles. The minimum atomic E-state index is -0.0866. The van der Waals surface area contributed by atoms with Gasteiger partial charge in [0.1, 0.15) is 0 Å². The molecule has 0 fully saturated rings. The summed E-state index contributed by atoms with van der Waals surface area (Å²) in [7, 11) is 0. The van der Waals surface area contributed by atoms with Crippen LogP contribution in [0.1, 0.15) is 104 Å². The maximum atomic E-state index is 2.67. The van der Waals surface area contributed by atoms with Gasteiger partial charge in [-0.2, -0.15) is 0 Å². The number of thiophene rings is 2. The van der Waals surface area contributed by atoms with Crippen molar-refractivity contribution in [3.63, 3.8) is 0 Å². The van der Waals surface area contributed by atoms with Gasteiger partial charge in [0, 0.05) is 58.5 Å². The summed E-state index contributed by atoms with van der Waals surface area (Å²) in [5.74, 6) is 0. The van der Waals surface area contributed by atoms with E-state index in [1.807, 2.05) is 22.7 Å². The number of anilines is 6. The molecule has 0 N–H and O–H groups in total. The quantitative estimate of drug-likeness (QED) is 0.160. The highest BCUT2D eigenvalue weighted by molar-refractivity contribution is 7.34. The molecule has 0 radical (unpaired) electrons. The molecule has 9 aromatic rings. The molecular formula is C59H55BN2S2. The van der Waals surface area contributed by atoms with Gasteiger partial charge >= 0.3 is 0 Å². The van der Waals surface area contributed by atoms with Crippen LogP contribution in [-0.4, -0.2) is 6.71 Å². The van der Waals surface area contributed by atoms with Crippen LogP contribution in [0.25, 0.3) is 41.4 Å². The standard InChI is InChI=1S/C59H55BN2S2/c1-56(2,3)34-20-25-37(26-21-34)61-47-29-24-36(58(7,8)9)30-46(47)60-51-48(32-42-40-17-13-15-19-49(40)63-54(42)53(51)61)62(38-27-22-35(23-28-38)57(4,5)6)52-43-31-41-39-16-12-14-18-44(39)59(10,11)45(41)33-50(43)64-55(52)60/h12-33H,1-11H3. The van der Waals surface area contributed by atoms with E-state index in [1.165, 1.54) is 119 Å². The highest BCUT2D eigenvalue weighted by Gasteiger charge is 2.47. The summed E-state index contributed by atoms with van der Waals surface area (Å²) in [6, 6.07) is 52.2. The summed E-state index contributed by atoms with van der Waals surface area (Å²) in [5, 5.41) is 3.97. The lowest BCUT2D eigenvalue weighted by atomic mass is 9.36. The Morgan fingerprint density at radius 3 is 1.72 bits per heavy atom. The fourth-order valence-corrected chi connectivity index (χ4v) is 13.7. The van der Waals surface area contributed by atoms with Crippen LogP contribution in [0.3, 0.4) is 0 Å². The average Bonchev–Trinajstić information content (AvgIpc) is 3.89. The molecule has 64 heavy (non-hydrogen) atoms. The van der Waals surface area contributed by atoms with E-state index in [-0.39, 0.29) is 28.4 Å². The zero-order chi connectivity index (χ0) is 44.4. The van der Waals surface area contributed by atoms with Crippen molar-refractivity contribution in [3.8, 4) is 11.1 Å². The zero-order valence-corrected chi connectivity index (χ0v) is 40.6. The van der Waals surface area contributed by atoms with Crippen LogP contribution in [0.15, 0.2) is 133 Å². The molecule has 3 aliphatic rings. The van der Waals surface area contributed by atoms with E-state index in [9.17, 15) is 0 Å². The molecule has 0 amide bonds. The molecule has 4 heterocycles. The fourth-order valence-electron chi connectivity index (χ4n) is 11.1. The van der Waals surface area contributed by atoms with Crippen molar-refractivity contribution in [2.24, 2.45) is 0 Å². The molecule has 0 unspecified atom stereocenters. The highest BCUT2D eigenvalue weighted by Crippen LogP contribution is 2.56. The Morgan fingerprint density at radius 1 is 0.469 bits per heavy atom. The Morgan fingerprint density at radius 2 is 1.06 bits per heavy atom. The van der Waals surface area contributed by atoms with Crippen molar-refractivity contribution in [2.75, 3.05) is 9.80 Å². The minimum Gasteiger partial charge on any atom is -0.310 e. The van der Waals surface area contributed by atoms with Gasteiger partial charge in [0.05, 0.1) is 16.1 Å². The molecule has 2 nitrogen and oxygen atoms in total. The number of hydrogen-bond acceptors (Lipinski definition) is 4. The molecule has 1 aliphatic carbocycles. The molecule has 0 atom stereocenters. The van der Waals surface area contributed by atoms with Crippen LogP contribution in [0.5, 0.6) is 0 Å². The minimum absolute atomic E-state index is 0.0228. The maximum absolute atomic E-state index is 2.67. The van der Waals surface area contributed by atoms with Gasteiger partial charge in [-0.15, -0.1) is 22.7 Å². The van der Waals surface area contributed by atoms with Gasteiger partial charge in [-0.05, 0) is 121 Å². The van der Waals surface area contributed by atoms with E-state index in [1.54, 1.807) is 0 Å². The van der Waals surface area contributed by atoms with Gasteiger partial charge in [-0.1, -0.05) is 155 Å². The molecular weight excluding hydrogens is 812 g/mol. The maximum Gasteiger partial charge on any atom is 0.264 e. The molecule has 7 aromatic carbocycles. The largest absolute Gasteiger partial charge is 0.310 e. The van der Waals surface area contributed by atoms with Gasteiger partial charge in [0.15, 0.2) is 0 Å². The SMILES string of the molecule is CC(C)(C)c1ccc(N2c3cc4c(sc5ccccc54)c4c3B(c3cc(C(C)(C)C)ccc3N4c3ccc(C(C)(C)C)cc3)c3sc4cc5c(cc4c32)-c2ccccc2C5(C)C)cc1. The number of nitrogens with zero attached hydrogens (tertiary/aromatic N) is 2. The van der Waals surface area contributed by atoms with Crippen molar-refractivity contribution in [3.05, 3.63) is 161 Å². The molecule has 0 spiro atoms. The predicted molar refractivity (Wildman–Crippen MR) is 282 cm³/mol. The van der Waals surface area contributed by atoms with Gasteiger partial charge in [-0.25, -0.2) is 0 Å². The lowest BCUT2D eigenvalue weighted by molar-refractivity contribution is 0.590. The van der Waals surface area contributed by atoms with Crippen molar-refractivity contribution in [1.82, 2.24) is 0 Å². The third-order valence-corrected chi connectivity index (χ3v) is 17.1. The molecule has 0 bridgehead atoms. The summed E-state index contributed by atoms with van der Waals surface area (Å²) in [5.41, 5.74) is 20.0. The molecule has 12 rings (SSSR count). The van der Waals surface area contributed by atoms with Crippen molar-refractivity contribution >= 4 is 109 Å². The third kappa shape index (κ3) is 5.62. The topological polar surface area (TPSA) is 6.48 Å². The van der Waals surface area contributed by atoms with E-state index in [0.717, 1.165) is 0 Å². The Balaban J connectivity index is 1.24. The van der Waals surface area contributed by atoms with E-state index in [4.69, 9.17) is 0 Å². The number of fused-ring (bicyclic) bond motifs is 13. The van der Waals surface area contributed by atoms with E-state index in [0.29, 0.717) is 0 Å². The number of benzene rings is 7. The van der Waals surface area contributed by atoms with Crippen LogP contribution in [0.2, 0.25) is 0 Å². The van der Waals surface area contributed by atoms with Gasteiger partial charge in [-0.3, -0.25) is 0 Å². The summed E-state index contributed by atoms with van der Waals surface area (Å²) >= 11 is 3.97.